The molecule has 0 aliphatic rings. The summed E-state index contributed by atoms with van der Waals surface area (Å²) in [5, 5.41) is 3.35. The van der Waals surface area contributed by atoms with Crippen molar-refractivity contribution in [2.45, 2.75) is 39.8 Å². The molecule has 2 nitrogen and oxygen atoms in total. The van der Waals surface area contributed by atoms with Gasteiger partial charge in [-0.3, -0.25) is 0 Å². The van der Waals surface area contributed by atoms with Crippen LogP contribution in [0.5, 0.6) is 0 Å². The minimum atomic E-state index is 0.993. The summed E-state index contributed by atoms with van der Waals surface area (Å²) in [7, 11) is 0. The highest BCUT2D eigenvalue weighted by atomic mass is 15.0. The van der Waals surface area contributed by atoms with E-state index < -0.39 is 0 Å². The molecular weight excluding hydrogens is 160 g/mol. The minimum absolute atomic E-state index is 0.993. The van der Waals surface area contributed by atoms with Crippen LogP contribution in [0.15, 0.2) is 18.3 Å². The number of hydrogen-bond acceptors (Lipinski definition) is 1. The second-order valence-corrected chi connectivity index (χ2v) is 3.33. The third-order valence-electron chi connectivity index (χ3n) is 2.23. The molecule has 1 N–H and O–H groups in total. The Labute approximate surface area is 81.0 Å². The minimum Gasteiger partial charge on any atom is -0.350 e. The van der Waals surface area contributed by atoms with E-state index in [1.54, 1.807) is 0 Å². The first-order chi connectivity index (χ1) is 6.38. The molecule has 0 aromatic carbocycles. The quantitative estimate of drug-likeness (QED) is 0.711. The number of rotatable bonds is 6. The van der Waals surface area contributed by atoms with Gasteiger partial charge in [0.1, 0.15) is 0 Å². The lowest BCUT2D eigenvalue weighted by molar-refractivity contribution is 0.588. The third kappa shape index (κ3) is 3.23. The molecule has 0 spiro atoms. The lowest BCUT2D eigenvalue weighted by Gasteiger charge is -2.08. The normalized spacial score (nSPS) is 10.6. The number of aryl methyl sites for hydroxylation is 1. The van der Waals surface area contributed by atoms with E-state index in [0.29, 0.717) is 0 Å². The van der Waals surface area contributed by atoms with Gasteiger partial charge in [-0.2, -0.15) is 0 Å². The molecular formula is C11H20N2. The van der Waals surface area contributed by atoms with Gasteiger partial charge in [0, 0.05) is 25.0 Å². The average molecular weight is 180 g/mol. The fourth-order valence-corrected chi connectivity index (χ4v) is 1.41. The van der Waals surface area contributed by atoms with Crippen molar-refractivity contribution in [3.05, 3.63) is 24.0 Å². The first-order valence-electron chi connectivity index (χ1n) is 5.23. The maximum absolute atomic E-state index is 3.35. The van der Waals surface area contributed by atoms with Gasteiger partial charge in [-0.25, -0.2) is 0 Å². The summed E-state index contributed by atoms with van der Waals surface area (Å²) >= 11 is 0. The topological polar surface area (TPSA) is 17.0 Å². The molecule has 0 saturated heterocycles. The Bertz CT molecular complexity index is 205. The van der Waals surface area contributed by atoms with Gasteiger partial charge in [-0.1, -0.05) is 20.3 Å². The number of nitrogens with zero attached hydrogens (tertiary/aromatic N) is 1. The molecule has 0 aliphatic heterocycles. The van der Waals surface area contributed by atoms with Crippen LogP contribution in [0.25, 0.3) is 0 Å². The fourth-order valence-electron chi connectivity index (χ4n) is 1.41. The smallest absolute Gasteiger partial charge is 0.0359 e. The molecule has 0 atom stereocenters. The molecule has 0 bridgehead atoms. The summed E-state index contributed by atoms with van der Waals surface area (Å²) in [4.78, 5) is 0. The molecule has 2 heteroatoms. The maximum Gasteiger partial charge on any atom is 0.0359 e. The highest BCUT2D eigenvalue weighted by molar-refractivity contribution is 5.06. The van der Waals surface area contributed by atoms with Gasteiger partial charge >= 0.3 is 0 Å². The summed E-state index contributed by atoms with van der Waals surface area (Å²) in [6, 6.07) is 4.32. The first-order valence-corrected chi connectivity index (χ1v) is 5.23. The zero-order chi connectivity index (χ0) is 9.52. The maximum atomic E-state index is 3.35. The Hall–Kier alpha value is -0.760. The van der Waals surface area contributed by atoms with Crippen LogP contribution in [-0.2, 0) is 13.1 Å². The van der Waals surface area contributed by atoms with Crippen molar-refractivity contribution in [2.24, 2.45) is 0 Å². The standard InChI is InChI=1S/C11H20N2/c1-3-5-8-13-9-6-7-11(13)10-12-4-2/h6-7,9,12H,3-5,8,10H2,1-2H3. The molecule has 0 radical (unpaired) electrons. The number of aromatic nitrogens is 1. The van der Waals surface area contributed by atoms with Gasteiger partial charge < -0.3 is 9.88 Å². The zero-order valence-corrected chi connectivity index (χ0v) is 8.71. The predicted octanol–water partition coefficient (Wildman–Crippen LogP) is 2.40. The van der Waals surface area contributed by atoms with Gasteiger partial charge in [0.2, 0.25) is 0 Å². The molecule has 13 heavy (non-hydrogen) atoms. The monoisotopic (exact) mass is 180 g/mol. The van der Waals surface area contributed by atoms with Crippen molar-refractivity contribution < 1.29 is 0 Å². The van der Waals surface area contributed by atoms with E-state index >= 15 is 0 Å². The van der Waals surface area contributed by atoms with Crippen molar-refractivity contribution in [1.82, 2.24) is 9.88 Å². The van der Waals surface area contributed by atoms with Crippen molar-refractivity contribution in [1.29, 1.82) is 0 Å². The van der Waals surface area contributed by atoms with Gasteiger partial charge in [0.25, 0.3) is 0 Å². The Balaban J connectivity index is 2.45. The van der Waals surface area contributed by atoms with Gasteiger partial charge in [-0.15, -0.1) is 0 Å². The van der Waals surface area contributed by atoms with Crippen molar-refractivity contribution in [3.8, 4) is 0 Å². The van der Waals surface area contributed by atoms with E-state index in [1.165, 1.54) is 18.5 Å². The molecule has 0 amide bonds. The summed E-state index contributed by atoms with van der Waals surface area (Å²) in [5.41, 5.74) is 1.40. The predicted molar refractivity (Wildman–Crippen MR) is 56.7 cm³/mol. The Morgan fingerprint density at radius 2 is 2.23 bits per heavy atom. The van der Waals surface area contributed by atoms with Gasteiger partial charge in [-0.05, 0) is 25.1 Å². The van der Waals surface area contributed by atoms with Crippen LogP contribution in [-0.4, -0.2) is 11.1 Å². The van der Waals surface area contributed by atoms with Gasteiger partial charge in [0.15, 0.2) is 0 Å². The van der Waals surface area contributed by atoms with Crippen molar-refractivity contribution >= 4 is 0 Å². The van der Waals surface area contributed by atoms with Crippen LogP contribution < -0.4 is 5.32 Å². The van der Waals surface area contributed by atoms with Crippen molar-refractivity contribution in [3.63, 3.8) is 0 Å². The van der Waals surface area contributed by atoms with E-state index in [0.717, 1.165) is 19.6 Å². The average Bonchev–Trinajstić information content (AvgIpc) is 2.59. The number of unbranched alkanes of at least 4 members (excludes halogenated alkanes) is 1. The van der Waals surface area contributed by atoms with Crippen LogP contribution in [0.2, 0.25) is 0 Å². The lowest BCUT2D eigenvalue weighted by atomic mass is 10.3. The first kappa shape index (κ1) is 10.3. The SMILES string of the molecule is CCCCn1cccc1CNCC. The summed E-state index contributed by atoms with van der Waals surface area (Å²) < 4.78 is 2.34. The van der Waals surface area contributed by atoms with E-state index in [1.807, 2.05) is 0 Å². The molecule has 0 unspecified atom stereocenters. The second kappa shape index (κ2) is 5.81. The second-order valence-electron chi connectivity index (χ2n) is 3.33. The largest absolute Gasteiger partial charge is 0.350 e. The Morgan fingerprint density at radius 1 is 1.38 bits per heavy atom. The molecule has 1 rings (SSSR count). The molecule has 0 saturated carbocycles. The van der Waals surface area contributed by atoms with Crippen LogP contribution in [0.3, 0.4) is 0 Å². The number of hydrogen-bond donors (Lipinski definition) is 1. The summed E-state index contributed by atoms with van der Waals surface area (Å²) in [5.74, 6) is 0. The van der Waals surface area contributed by atoms with Crippen LogP contribution in [0, 0.1) is 0 Å². The molecule has 0 fully saturated rings. The van der Waals surface area contributed by atoms with E-state index in [2.05, 4.69) is 42.1 Å². The third-order valence-corrected chi connectivity index (χ3v) is 2.23. The van der Waals surface area contributed by atoms with E-state index in [-0.39, 0.29) is 0 Å². The highest BCUT2D eigenvalue weighted by Gasteiger charge is 1.98. The van der Waals surface area contributed by atoms with Crippen molar-refractivity contribution in [2.75, 3.05) is 6.54 Å². The Morgan fingerprint density at radius 3 is 2.92 bits per heavy atom. The van der Waals surface area contributed by atoms with Gasteiger partial charge in [0.05, 0.1) is 0 Å². The lowest BCUT2D eigenvalue weighted by Crippen LogP contribution is -2.15. The summed E-state index contributed by atoms with van der Waals surface area (Å²) in [6.45, 7) is 7.56. The molecule has 1 aromatic heterocycles. The fraction of sp³-hybridized carbons (Fsp3) is 0.636. The molecule has 74 valence electrons. The summed E-state index contributed by atoms with van der Waals surface area (Å²) in [6.07, 6.45) is 4.70. The molecule has 0 aliphatic carbocycles. The van der Waals surface area contributed by atoms with Crippen LogP contribution >= 0.6 is 0 Å². The van der Waals surface area contributed by atoms with Crippen LogP contribution in [0.1, 0.15) is 32.4 Å². The molecule has 1 heterocycles. The van der Waals surface area contributed by atoms with E-state index in [4.69, 9.17) is 0 Å². The zero-order valence-electron chi connectivity index (χ0n) is 8.71. The highest BCUT2D eigenvalue weighted by Crippen LogP contribution is 2.04. The molecule has 1 aromatic rings. The van der Waals surface area contributed by atoms with E-state index in [9.17, 15) is 0 Å². The van der Waals surface area contributed by atoms with Crippen LogP contribution in [0.4, 0.5) is 0 Å². The Kier molecular flexibility index (Phi) is 4.61. The number of nitrogens with one attached hydrogen (secondary N) is 1.